The summed E-state index contributed by atoms with van der Waals surface area (Å²) in [5.74, 6) is 1.08. The van der Waals surface area contributed by atoms with Crippen LogP contribution in [0.25, 0.3) is 0 Å². The maximum atomic E-state index is 5.35. The maximum absolute atomic E-state index is 5.35. The average Bonchev–Trinajstić information content (AvgIpc) is 3.46. The van der Waals surface area contributed by atoms with E-state index in [1.165, 1.54) is 35.3 Å². The Hall–Kier alpha value is -2.31. The van der Waals surface area contributed by atoms with E-state index in [2.05, 4.69) is 126 Å². The maximum Gasteiger partial charge on any atom is 1.00 e. The van der Waals surface area contributed by atoms with Crippen molar-refractivity contribution in [1.82, 2.24) is 9.78 Å². The predicted molar refractivity (Wildman–Crippen MR) is 154 cm³/mol. The van der Waals surface area contributed by atoms with Gasteiger partial charge in [-0.05, 0) is 61.8 Å². The number of hydrogen-bond donors (Lipinski definition) is 0. The van der Waals surface area contributed by atoms with Gasteiger partial charge in [0, 0.05) is 17.9 Å². The van der Waals surface area contributed by atoms with Gasteiger partial charge in [-0.1, -0.05) is 85.3 Å². The van der Waals surface area contributed by atoms with Crippen LogP contribution in [0.4, 0.5) is 5.69 Å². The molecule has 2 atom stereocenters. The molecule has 0 N–H and O–H groups in total. The fourth-order valence-corrected chi connectivity index (χ4v) is 6.10. The second-order valence-corrected chi connectivity index (χ2v) is 10.5. The molecule has 5 rings (SSSR count). The molecular weight excluding hydrogens is 483 g/mol. The van der Waals surface area contributed by atoms with Crippen molar-refractivity contribution in [3.63, 3.8) is 0 Å². The van der Waals surface area contributed by atoms with Crippen molar-refractivity contribution in [2.24, 2.45) is 4.99 Å². The van der Waals surface area contributed by atoms with E-state index in [9.17, 15) is 0 Å². The van der Waals surface area contributed by atoms with E-state index < -0.39 is 0 Å². The van der Waals surface area contributed by atoms with E-state index in [1.807, 2.05) is 11.8 Å². The van der Waals surface area contributed by atoms with Crippen LogP contribution in [0.3, 0.4) is 0 Å². The van der Waals surface area contributed by atoms with Gasteiger partial charge in [0.1, 0.15) is 0 Å². The molecule has 4 nitrogen and oxygen atoms in total. The van der Waals surface area contributed by atoms with Crippen LogP contribution in [0.15, 0.2) is 102 Å². The Labute approximate surface area is 249 Å². The van der Waals surface area contributed by atoms with Gasteiger partial charge in [0.25, 0.3) is 0 Å². The summed E-state index contributed by atoms with van der Waals surface area (Å²) in [7, 11) is 0. The van der Waals surface area contributed by atoms with Gasteiger partial charge in [0.15, 0.2) is 5.50 Å². The normalized spacial score (nSPS) is 16.9. The number of thioether (sulfide) groups is 1. The molecule has 1 aromatic heterocycles. The molecule has 0 radical (unpaired) electrons. The van der Waals surface area contributed by atoms with Gasteiger partial charge in [0.2, 0.25) is 0 Å². The van der Waals surface area contributed by atoms with Crippen molar-refractivity contribution in [2.45, 2.75) is 51.2 Å². The van der Waals surface area contributed by atoms with Gasteiger partial charge < -0.3 is 6.33 Å². The minimum Gasteiger partial charge on any atom is -1.00 e. The summed E-state index contributed by atoms with van der Waals surface area (Å²) >= 11 is 1.95. The Balaban J connectivity index is 0.00000200. The largest absolute Gasteiger partial charge is 1.00 e. The van der Waals surface area contributed by atoms with Crippen LogP contribution in [0.1, 0.15) is 49.2 Å². The van der Waals surface area contributed by atoms with Gasteiger partial charge >= 0.3 is 29.6 Å². The van der Waals surface area contributed by atoms with Crippen molar-refractivity contribution in [1.29, 1.82) is 0 Å². The molecule has 1 aliphatic rings. The number of aliphatic imine (C=N–C) groups is 1. The van der Waals surface area contributed by atoms with Crippen LogP contribution in [-0.4, -0.2) is 26.7 Å². The van der Waals surface area contributed by atoms with Gasteiger partial charge in [-0.3, -0.25) is 9.67 Å². The topological polar surface area (TPSA) is 33.4 Å². The van der Waals surface area contributed by atoms with Gasteiger partial charge in [0.05, 0.1) is 17.4 Å². The third kappa shape index (κ3) is 6.77. The molecule has 0 saturated carbocycles. The molecule has 2 unspecified atom stereocenters. The molecular formula is C31H35N4NaS. The van der Waals surface area contributed by atoms with E-state index in [-0.39, 0.29) is 42.5 Å². The molecule has 4 aromatic rings. The molecule has 1 aliphatic heterocycles. The first-order valence-electron chi connectivity index (χ1n) is 12.8. The number of aromatic nitrogens is 2. The monoisotopic (exact) mass is 518 g/mol. The number of para-hydroxylation sites is 1. The molecule has 0 spiro atoms. The number of rotatable bonds is 10. The Kier molecular flexibility index (Phi) is 10.1. The number of unbranched alkanes of at least 4 members (excludes halogenated alkanes) is 2. The number of aryl methyl sites for hydroxylation is 3. The summed E-state index contributed by atoms with van der Waals surface area (Å²) in [5.41, 5.74) is 7.23. The molecule has 0 saturated heterocycles. The third-order valence-electron chi connectivity index (χ3n) is 6.65. The molecule has 2 heterocycles. The van der Waals surface area contributed by atoms with Crippen LogP contribution in [0.2, 0.25) is 0 Å². The Morgan fingerprint density at radius 3 is 2.11 bits per heavy atom. The first-order chi connectivity index (χ1) is 17.7. The van der Waals surface area contributed by atoms with Crippen molar-refractivity contribution >= 4 is 23.2 Å². The van der Waals surface area contributed by atoms with E-state index in [0.29, 0.717) is 0 Å². The second-order valence-electron chi connectivity index (χ2n) is 9.34. The summed E-state index contributed by atoms with van der Waals surface area (Å²) in [5, 5.41) is 4.60. The zero-order valence-electron chi connectivity index (χ0n) is 23.1. The number of anilines is 1. The van der Waals surface area contributed by atoms with Crippen molar-refractivity contribution in [3.05, 3.63) is 120 Å². The van der Waals surface area contributed by atoms with Crippen molar-refractivity contribution < 1.29 is 31.0 Å². The molecule has 186 valence electrons. The van der Waals surface area contributed by atoms with Crippen LogP contribution < -0.4 is 34.5 Å². The smallest absolute Gasteiger partial charge is 1.00 e. The summed E-state index contributed by atoms with van der Waals surface area (Å²) < 4.78 is 2.14. The number of nitrogens with zero attached hydrogens (tertiary/aromatic N) is 4. The van der Waals surface area contributed by atoms with E-state index >= 15 is 0 Å². The fraction of sp³-hybridized carbons (Fsp3) is 0.290. The second kappa shape index (κ2) is 13.5. The van der Waals surface area contributed by atoms with Crippen molar-refractivity contribution in [3.8, 4) is 0 Å². The fourth-order valence-electron chi connectivity index (χ4n) is 4.93. The Bertz CT molecular complexity index is 1280. The molecule has 0 amide bonds. The molecule has 6 heteroatoms. The molecule has 3 aromatic carbocycles. The summed E-state index contributed by atoms with van der Waals surface area (Å²) in [6, 6.07) is 34.4. The van der Waals surface area contributed by atoms with Gasteiger partial charge in [-0.15, -0.1) is 11.8 Å². The Morgan fingerprint density at radius 2 is 1.46 bits per heavy atom. The van der Waals surface area contributed by atoms with Crippen molar-refractivity contribution in [2.75, 3.05) is 10.7 Å². The van der Waals surface area contributed by atoms with Gasteiger partial charge in [-0.2, -0.15) is 5.10 Å². The third-order valence-corrected chi connectivity index (χ3v) is 7.80. The van der Waals surface area contributed by atoms with Crippen LogP contribution in [-0.2, 0) is 6.54 Å². The average molecular weight is 519 g/mol. The van der Waals surface area contributed by atoms with E-state index in [4.69, 9.17) is 4.99 Å². The number of benzene rings is 3. The zero-order chi connectivity index (χ0) is 24.7. The van der Waals surface area contributed by atoms with Crippen LogP contribution in [0.5, 0.6) is 0 Å². The Morgan fingerprint density at radius 1 is 0.811 bits per heavy atom. The zero-order valence-corrected chi connectivity index (χ0v) is 24.9. The molecule has 37 heavy (non-hydrogen) atoms. The first-order valence-corrected chi connectivity index (χ1v) is 13.9. The van der Waals surface area contributed by atoms with E-state index in [0.717, 1.165) is 30.1 Å². The quantitative estimate of drug-likeness (QED) is 0.228. The first kappa shape index (κ1) is 27.7. The molecule has 0 fully saturated rings. The van der Waals surface area contributed by atoms with Gasteiger partial charge in [-0.25, -0.2) is 0 Å². The van der Waals surface area contributed by atoms with Crippen LogP contribution >= 0.6 is 11.8 Å². The molecule has 0 bridgehead atoms. The van der Waals surface area contributed by atoms with E-state index in [1.54, 1.807) is 0 Å². The van der Waals surface area contributed by atoms with Crippen LogP contribution in [0, 0.1) is 13.8 Å². The standard InChI is InChI=1S/C31H34N4S.Na.H/c1-24-23-25(2)34(33-24)21-13-6-14-22-36-31-32-29(26-15-7-3-8-16-26)30(27-17-9-4-10-18-27)35(31)28-19-11-5-12-20-28;;/h3-5,7-12,15-20,23,30-31H,6,13-14,21-22H2,1-2H3;;/q;+1;-1. The predicted octanol–water partition coefficient (Wildman–Crippen LogP) is 4.55. The molecule has 0 aliphatic carbocycles. The SMILES string of the molecule is Cc1cc(C)n(CCCCCSC2N=C(c3ccccc3)C(c3ccccc3)N2c2ccccc2)n1.[H-].[Na+]. The number of hydrogen-bond acceptors (Lipinski definition) is 4. The summed E-state index contributed by atoms with van der Waals surface area (Å²) in [6.45, 7) is 5.20. The summed E-state index contributed by atoms with van der Waals surface area (Å²) in [6.07, 6.45) is 3.52. The minimum atomic E-state index is 0. The summed E-state index contributed by atoms with van der Waals surface area (Å²) in [4.78, 5) is 7.84. The minimum absolute atomic E-state index is 0.